The van der Waals surface area contributed by atoms with Crippen LogP contribution in [-0.4, -0.2) is 77.6 Å². The third kappa shape index (κ3) is 8.59. The molecule has 0 radical (unpaired) electrons. The summed E-state index contributed by atoms with van der Waals surface area (Å²) in [5.74, 6) is -6.60. The van der Waals surface area contributed by atoms with E-state index in [-0.39, 0.29) is 17.9 Å². The van der Waals surface area contributed by atoms with E-state index in [1.165, 1.54) is 5.56 Å². The molecule has 1 aromatic rings. The highest BCUT2D eigenvalue weighted by molar-refractivity contribution is 5.18. The van der Waals surface area contributed by atoms with Gasteiger partial charge in [-0.1, -0.05) is 30.3 Å². The molecular formula is C23H38F4N2O3. The predicted molar refractivity (Wildman–Crippen MR) is 117 cm³/mol. The van der Waals surface area contributed by atoms with Gasteiger partial charge in [0.05, 0.1) is 0 Å². The van der Waals surface area contributed by atoms with Gasteiger partial charge in [-0.3, -0.25) is 4.90 Å². The van der Waals surface area contributed by atoms with Gasteiger partial charge in [-0.05, 0) is 38.4 Å². The van der Waals surface area contributed by atoms with Crippen molar-refractivity contribution in [1.82, 2.24) is 10.2 Å². The second kappa shape index (κ2) is 12.8. The molecule has 0 saturated carbocycles. The van der Waals surface area contributed by atoms with Gasteiger partial charge in [-0.2, -0.15) is 0 Å². The fourth-order valence-corrected chi connectivity index (χ4v) is 4.14. The number of benzene rings is 1. The minimum absolute atomic E-state index is 0.198. The summed E-state index contributed by atoms with van der Waals surface area (Å²) in [6, 6.07) is 10.2. The van der Waals surface area contributed by atoms with Crippen LogP contribution in [0.15, 0.2) is 30.3 Å². The molecule has 0 amide bonds. The van der Waals surface area contributed by atoms with Crippen LogP contribution in [0.25, 0.3) is 0 Å². The highest BCUT2D eigenvalue weighted by atomic mass is 19.3. The molecule has 5 atom stereocenters. The third-order valence-corrected chi connectivity index (χ3v) is 6.12. The number of aliphatic hydroxyl groups excluding tert-OH is 3. The lowest BCUT2D eigenvalue weighted by atomic mass is 9.97. The Morgan fingerprint density at radius 3 is 1.94 bits per heavy atom. The molecule has 2 saturated heterocycles. The molecule has 9 heteroatoms. The van der Waals surface area contributed by atoms with Crippen LogP contribution in [0.4, 0.5) is 17.6 Å². The first-order chi connectivity index (χ1) is 14.9. The van der Waals surface area contributed by atoms with Gasteiger partial charge in [0, 0.05) is 51.9 Å². The Balaban J connectivity index is 0.000000335. The van der Waals surface area contributed by atoms with Crippen molar-refractivity contribution in [3.05, 3.63) is 35.9 Å². The van der Waals surface area contributed by atoms with Gasteiger partial charge in [0.2, 0.25) is 0 Å². The van der Waals surface area contributed by atoms with Crippen molar-refractivity contribution in [1.29, 1.82) is 0 Å². The minimum Gasteiger partial charge on any atom is -0.400 e. The van der Waals surface area contributed by atoms with Crippen LogP contribution < -0.4 is 5.32 Å². The zero-order chi connectivity index (χ0) is 24.5. The summed E-state index contributed by atoms with van der Waals surface area (Å²) in [6.07, 6.45) is -1.76. The molecule has 4 N–H and O–H groups in total. The van der Waals surface area contributed by atoms with Gasteiger partial charge in [0.1, 0.15) is 12.2 Å². The van der Waals surface area contributed by atoms with Crippen LogP contribution in [0.2, 0.25) is 0 Å². The van der Waals surface area contributed by atoms with E-state index in [4.69, 9.17) is 10.2 Å². The Bertz CT molecular complexity index is 634. The van der Waals surface area contributed by atoms with Crippen molar-refractivity contribution in [2.75, 3.05) is 33.3 Å². The number of hydrogen-bond acceptors (Lipinski definition) is 5. The molecular weight excluding hydrogens is 428 g/mol. The van der Waals surface area contributed by atoms with Crippen molar-refractivity contribution in [3.63, 3.8) is 0 Å². The first kappa shape index (κ1) is 28.8. The summed E-state index contributed by atoms with van der Waals surface area (Å²) >= 11 is 0. The summed E-state index contributed by atoms with van der Waals surface area (Å²) in [7, 11) is 1.00. The normalized spacial score (nSPS) is 24.6. The van der Waals surface area contributed by atoms with Crippen molar-refractivity contribution in [3.8, 4) is 0 Å². The lowest BCUT2D eigenvalue weighted by molar-refractivity contribution is -0.116. The average molecular weight is 467 g/mol. The second-order valence-electron chi connectivity index (χ2n) is 8.69. The summed E-state index contributed by atoms with van der Waals surface area (Å²) in [5.41, 5.74) is 1.18. The summed E-state index contributed by atoms with van der Waals surface area (Å²) in [6.45, 7) is 6.15. The van der Waals surface area contributed by atoms with Crippen molar-refractivity contribution in [2.24, 2.45) is 11.8 Å². The van der Waals surface area contributed by atoms with Crippen molar-refractivity contribution < 1.29 is 32.9 Å². The molecule has 186 valence electrons. The minimum atomic E-state index is -3.02. The zero-order valence-corrected chi connectivity index (χ0v) is 19.3. The lowest BCUT2D eigenvalue weighted by Gasteiger charge is -2.27. The predicted octanol–water partition coefficient (Wildman–Crippen LogP) is 3.31. The monoisotopic (exact) mass is 466 g/mol. The Labute approximate surface area is 188 Å². The number of rotatable bonds is 6. The van der Waals surface area contributed by atoms with Crippen LogP contribution in [0, 0.1) is 11.8 Å². The van der Waals surface area contributed by atoms with Gasteiger partial charge in [0.25, 0.3) is 11.8 Å². The van der Waals surface area contributed by atoms with E-state index < -0.39 is 24.1 Å². The quantitative estimate of drug-likeness (QED) is 0.484. The van der Waals surface area contributed by atoms with E-state index in [1.807, 2.05) is 30.3 Å². The highest BCUT2D eigenvalue weighted by Crippen LogP contribution is 2.33. The smallest absolute Gasteiger partial charge is 0.271 e. The molecule has 3 rings (SSSR count). The molecule has 2 fully saturated rings. The Hall–Kier alpha value is -1.26. The fraction of sp³-hybridized carbons (Fsp3) is 0.739. The Morgan fingerprint density at radius 1 is 0.938 bits per heavy atom. The molecule has 5 nitrogen and oxygen atoms in total. The molecule has 0 spiro atoms. The maximum atomic E-state index is 13.2. The van der Waals surface area contributed by atoms with E-state index in [1.54, 1.807) is 0 Å². The van der Waals surface area contributed by atoms with Gasteiger partial charge >= 0.3 is 0 Å². The van der Waals surface area contributed by atoms with E-state index >= 15 is 0 Å². The number of hydrogen-bond donors (Lipinski definition) is 4. The van der Waals surface area contributed by atoms with E-state index in [9.17, 15) is 22.7 Å². The SMILES string of the molecule is CC(F)(F)[C@@H](O)[C@@H]1CCNC1.CO.C[C@H](c1ccccc1)N1CC[C@@H]([C@H](O)C(C)(F)F)C1. The molecule has 0 unspecified atom stereocenters. The first-order valence-corrected chi connectivity index (χ1v) is 11.0. The molecule has 0 aromatic heterocycles. The van der Waals surface area contributed by atoms with E-state index in [2.05, 4.69) is 17.1 Å². The standard InChI is InChI=1S/C15H21F2NO.C7H13F2NO.CH4O/c1-11(12-6-4-3-5-7-12)18-9-8-13(10-18)14(19)15(2,16)17;1-7(8,9)6(11)5-2-3-10-4-5;1-2/h3-7,11,13-14,19H,8-10H2,1-2H3;5-6,10-11H,2-4H2,1H3;2H,1H3/t11-,13-,14+;5-,6+;/m11./s1. The fourth-order valence-electron chi connectivity index (χ4n) is 4.14. The largest absolute Gasteiger partial charge is 0.400 e. The number of nitrogens with one attached hydrogen (secondary N) is 1. The highest BCUT2D eigenvalue weighted by Gasteiger charge is 2.42. The molecule has 0 bridgehead atoms. The van der Waals surface area contributed by atoms with Crippen LogP contribution in [0.5, 0.6) is 0 Å². The third-order valence-electron chi connectivity index (χ3n) is 6.12. The van der Waals surface area contributed by atoms with Gasteiger partial charge in [-0.25, -0.2) is 17.6 Å². The second-order valence-corrected chi connectivity index (χ2v) is 8.69. The number of alkyl halides is 4. The number of nitrogens with zero attached hydrogens (tertiary/aromatic N) is 1. The summed E-state index contributed by atoms with van der Waals surface area (Å²) < 4.78 is 51.3. The van der Waals surface area contributed by atoms with E-state index in [0.29, 0.717) is 25.9 Å². The molecule has 2 aliphatic heterocycles. The van der Waals surface area contributed by atoms with Gasteiger partial charge < -0.3 is 20.6 Å². The number of aliphatic hydroxyl groups is 3. The van der Waals surface area contributed by atoms with Crippen molar-refractivity contribution in [2.45, 2.75) is 63.7 Å². The average Bonchev–Trinajstić information content (AvgIpc) is 3.46. The zero-order valence-electron chi connectivity index (χ0n) is 19.3. The topological polar surface area (TPSA) is 76.0 Å². The summed E-state index contributed by atoms with van der Waals surface area (Å²) in [4.78, 5) is 2.16. The van der Waals surface area contributed by atoms with E-state index in [0.717, 1.165) is 34.0 Å². The van der Waals surface area contributed by atoms with Crippen LogP contribution in [0.3, 0.4) is 0 Å². The number of likely N-dealkylation sites (tertiary alicyclic amines) is 1. The van der Waals surface area contributed by atoms with Crippen LogP contribution in [0.1, 0.15) is 45.2 Å². The summed E-state index contributed by atoms with van der Waals surface area (Å²) in [5, 5.41) is 28.7. The maximum Gasteiger partial charge on any atom is 0.271 e. The Kier molecular flexibility index (Phi) is 11.5. The van der Waals surface area contributed by atoms with Crippen LogP contribution in [-0.2, 0) is 0 Å². The Morgan fingerprint density at radius 2 is 1.47 bits per heavy atom. The number of halogens is 4. The first-order valence-electron chi connectivity index (χ1n) is 11.0. The molecule has 32 heavy (non-hydrogen) atoms. The molecule has 0 aliphatic carbocycles. The molecule has 2 heterocycles. The lowest BCUT2D eigenvalue weighted by Crippen LogP contribution is -2.38. The van der Waals surface area contributed by atoms with Crippen LogP contribution >= 0.6 is 0 Å². The maximum absolute atomic E-state index is 13.2. The molecule has 2 aliphatic rings. The van der Waals surface area contributed by atoms with Crippen molar-refractivity contribution >= 4 is 0 Å². The molecule has 1 aromatic carbocycles. The van der Waals surface area contributed by atoms with Gasteiger partial charge in [0.15, 0.2) is 0 Å². The van der Waals surface area contributed by atoms with Gasteiger partial charge in [-0.15, -0.1) is 0 Å².